The molecule has 0 amide bonds. The van der Waals surface area contributed by atoms with Crippen LogP contribution in [0.15, 0.2) is 48.5 Å². The fourth-order valence-electron chi connectivity index (χ4n) is 1.42. The molecule has 2 aromatic rings. The fourth-order valence-corrected chi connectivity index (χ4v) is 1.42. The minimum absolute atomic E-state index is 0.159. The first-order chi connectivity index (χ1) is 8.74. The number of halogens is 1. The van der Waals surface area contributed by atoms with Crippen LogP contribution >= 0.6 is 0 Å². The summed E-state index contributed by atoms with van der Waals surface area (Å²) in [5.74, 6) is 1.04. The third-order valence-electron chi connectivity index (χ3n) is 2.25. The van der Waals surface area contributed by atoms with Crippen LogP contribution in [-0.2, 0) is 0 Å². The number of hydrogen-bond donors (Lipinski definition) is 1. The average Bonchev–Trinajstić information content (AvgIpc) is 2.37. The molecule has 0 saturated carbocycles. The van der Waals surface area contributed by atoms with Gasteiger partial charge in [0.1, 0.15) is 36.3 Å². The van der Waals surface area contributed by atoms with Crippen molar-refractivity contribution in [2.45, 2.75) is 0 Å². The number of phenols is 1. The van der Waals surface area contributed by atoms with Gasteiger partial charge in [-0.3, -0.25) is 0 Å². The summed E-state index contributed by atoms with van der Waals surface area (Å²) in [4.78, 5) is 0. The number of phenolic OH excluding ortho intramolecular Hbond substituents is 1. The van der Waals surface area contributed by atoms with E-state index in [9.17, 15) is 9.50 Å². The molecule has 0 aliphatic rings. The highest BCUT2D eigenvalue weighted by Gasteiger charge is 1.97. The lowest BCUT2D eigenvalue weighted by atomic mass is 10.3. The Kier molecular flexibility index (Phi) is 4.02. The van der Waals surface area contributed by atoms with Crippen LogP contribution in [0.5, 0.6) is 17.2 Å². The molecule has 1 N–H and O–H groups in total. The molecule has 0 aliphatic heterocycles. The van der Waals surface area contributed by atoms with E-state index in [1.54, 1.807) is 30.3 Å². The predicted molar refractivity (Wildman–Crippen MR) is 65.5 cm³/mol. The Hall–Kier alpha value is -2.23. The van der Waals surface area contributed by atoms with Gasteiger partial charge in [-0.25, -0.2) is 4.39 Å². The van der Waals surface area contributed by atoms with E-state index in [1.807, 2.05) is 0 Å². The summed E-state index contributed by atoms with van der Waals surface area (Å²) in [6.07, 6.45) is 0. The van der Waals surface area contributed by atoms with Crippen molar-refractivity contribution in [3.05, 3.63) is 54.3 Å². The lowest BCUT2D eigenvalue weighted by Gasteiger charge is -2.08. The molecule has 0 radical (unpaired) electrons. The number of rotatable bonds is 5. The van der Waals surface area contributed by atoms with Crippen LogP contribution in [0.3, 0.4) is 0 Å². The van der Waals surface area contributed by atoms with E-state index >= 15 is 0 Å². The van der Waals surface area contributed by atoms with E-state index < -0.39 is 0 Å². The summed E-state index contributed by atoms with van der Waals surface area (Å²) < 4.78 is 23.4. The largest absolute Gasteiger partial charge is 0.508 e. The van der Waals surface area contributed by atoms with Crippen LogP contribution < -0.4 is 9.47 Å². The second kappa shape index (κ2) is 5.91. The van der Waals surface area contributed by atoms with Crippen LogP contribution in [0.25, 0.3) is 0 Å². The lowest BCUT2D eigenvalue weighted by Crippen LogP contribution is -2.08. The molecule has 18 heavy (non-hydrogen) atoms. The fraction of sp³-hybridized carbons (Fsp3) is 0.143. The highest BCUT2D eigenvalue weighted by atomic mass is 19.1. The van der Waals surface area contributed by atoms with Crippen LogP contribution in [0.4, 0.5) is 4.39 Å². The van der Waals surface area contributed by atoms with Crippen molar-refractivity contribution >= 4 is 0 Å². The van der Waals surface area contributed by atoms with E-state index in [0.29, 0.717) is 24.7 Å². The van der Waals surface area contributed by atoms with E-state index in [2.05, 4.69) is 0 Å². The molecule has 4 heteroatoms. The summed E-state index contributed by atoms with van der Waals surface area (Å²) in [5.41, 5.74) is 0. The van der Waals surface area contributed by atoms with Gasteiger partial charge >= 0.3 is 0 Å². The second-order valence-corrected chi connectivity index (χ2v) is 3.65. The van der Waals surface area contributed by atoms with Gasteiger partial charge in [0.25, 0.3) is 0 Å². The molecule has 2 rings (SSSR count). The van der Waals surface area contributed by atoms with E-state index in [4.69, 9.17) is 9.47 Å². The van der Waals surface area contributed by atoms with Gasteiger partial charge in [0, 0.05) is 6.07 Å². The first-order valence-electron chi connectivity index (χ1n) is 5.54. The molecular weight excluding hydrogens is 235 g/mol. The summed E-state index contributed by atoms with van der Waals surface area (Å²) >= 11 is 0. The summed E-state index contributed by atoms with van der Waals surface area (Å²) in [5, 5.41) is 9.23. The Bertz CT molecular complexity index is 497. The first kappa shape index (κ1) is 12.2. The maximum atomic E-state index is 12.6. The Morgan fingerprint density at radius 1 is 0.889 bits per heavy atom. The van der Waals surface area contributed by atoms with Crippen molar-refractivity contribution in [1.29, 1.82) is 0 Å². The third kappa shape index (κ3) is 3.66. The quantitative estimate of drug-likeness (QED) is 0.827. The standard InChI is InChI=1S/C14H13FO3/c15-11-4-6-13(7-5-11)17-8-9-18-14-3-1-2-12(16)10-14/h1-7,10,16H,8-9H2. The molecule has 0 aromatic heterocycles. The third-order valence-corrected chi connectivity index (χ3v) is 2.25. The van der Waals surface area contributed by atoms with Crippen molar-refractivity contribution in [3.63, 3.8) is 0 Å². The molecule has 0 unspecified atom stereocenters. The van der Waals surface area contributed by atoms with Crippen molar-refractivity contribution in [2.75, 3.05) is 13.2 Å². The van der Waals surface area contributed by atoms with Crippen molar-refractivity contribution in [2.24, 2.45) is 0 Å². The molecule has 0 spiro atoms. The molecule has 0 saturated heterocycles. The summed E-state index contributed by atoms with van der Waals surface area (Å²) in [6.45, 7) is 0.697. The van der Waals surface area contributed by atoms with Gasteiger partial charge in [-0.2, -0.15) is 0 Å². The summed E-state index contributed by atoms with van der Waals surface area (Å²) in [7, 11) is 0. The van der Waals surface area contributed by atoms with Gasteiger partial charge in [-0.1, -0.05) is 6.07 Å². The molecule has 0 bridgehead atoms. The highest BCUT2D eigenvalue weighted by molar-refractivity contribution is 5.31. The van der Waals surface area contributed by atoms with Crippen molar-refractivity contribution < 1.29 is 19.0 Å². The monoisotopic (exact) mass is 248 g/mol. The van der Waals surface area contributed by atoms with Gasteiger partial charge in [0.05, 0.1) is 0 Å². The zero-order valence-electron chi connectivity index (χ0n) is 9.67. The molecule has 0 aliphatic carbocycles. The minimum atomic E-state index is -0.293. The second-order valence-electron chi connectivity index (χ2n) is 3.65. The highest BCUT2D eigenvalue weighted by Crippen LogP contribution is 2.17. The molecule has 0 fully saturated rings. The van der Waals surface area contributed by atoms with Crippen LogP contribution in [0.1, 0.15) is 0 Å². The average molecular weight is 248 g/mol. The summed E-state index contributed by atoms with van der Waals surface area (Å²) in [6, 6.07) is 12.3. The SMILES string of the molecule is Oc1cccc(OCCOc2ccc(F)cc2)c1. The number of aromatic hydroxyl groups is 1. The predicted octanol–water partition coefficient (Wildman–Crippen LogP) is 2.99. The Morgan fingerprint density at radius 2 is 1.56 bits per heavy atom. The molecular formula is C14H13FO3. The smallest absolute Gasteiger partial charge is 0.123 e. The van der Waals surface area contributed by atoms with E-state index in [0.717, 1.165) is 0 Å². The van der Waals surface area contributed by atoms with Gasteiger partial charge in [-0.05, 0) is 36.4 Å². The van der Waals surface area contributed by atoms with Crippen LogP contribution in [-0.4, -0.2) is 18.3 Å². The Labute approximate surface area is 104 Å². The number of benzene rings is 2. The van der Waals surface area contributed by atoms with Gasteiger partial charge in [0.2, 0.25) is 0 Å². The normalized spacial score (nSPS) is 10.1. The lowest BCUT2D eigenvalue weighted by molar-refractivity contribution is 0.216. The molecule has 3 nitrogen and oxygen atoms in total. The maximum Gasteiger partial charge on any atom is 0.123 e. The van der Waals surface area contributed by atoms with Crippen LogP contribution in [0.2, 0.25) is 0 Å². The van der Waals surface area contributed by atoms with Crippen molar-refractivity contribution in [3.8, 4) is 17.2 Å². The Morgan fingerprint density at radius 3 is 2.22 bits per heavy atom. The number of ether oxygens (including phenoxy) is 2. The molecule has 2 aromatic carbocycles. The topological polar surface area (TPSA) is 38.7 Å². The number of hydrogen-bond acceptors (Lipinski definition) is 3. The van der Waals surface area contributed by atoms with Crippen LogP contribution in [0, 0.1) is 5.82 Å². The van der Waals surface area contributed by atoms with E-state index in [-0.39, 0.29) is 11.6 Å². The van der Waals surface area contributed by atoms with Crippen molar-refractivity contribution in [1.82, 2.24) is 0 Å². The molecule has 94 valence electrons. The van der Waals surface area contributed by atoms with E-state index in [1.165, 1.54) is 18.2 Å². The molecule has 0 heterocycles. The van der Waals surface area contributed by atoms with Gasteiger partial charge in [0.15, 0.2) is 0 Å². The Balaban J connectivity index is 1.74. The minimum Gasteiger partial charge on any atom is -0.508 e. The zero-order chi connectivity index (χ0) is 12.8. The first-order valence-corrected chi connectivity index (χ1v) is 5.54. The maximum absolute atomic E-state index is 12.6. The van der Waals surface area contributed by atoms with Gasteiger partial charge < -0.3 is 14.6 Å². The van der Waals surface area contributed by atoms with Gasteiger partial charge in [-0.15, -0.1) is 0 Å². The zero-order valence-corrected chi connectivity index (χ0v) is 9.67. The molecule has 0 atom stereocenters.